The molecule has 0 radical (unpaired) electrons. The fraction of sp³-hybridized carbons (Fsp3) is 0.500. The second kappa shape index (κ2) is 5.15. The molecule has 0 aliphatic heterocycles. The minimum absolute atomic E-state index is 0.109. The van der Waals surface area contributed by atoms with Crippen LogP contribution in [0.15, 0.2) is 12.2 Å². The third-order valence-electron chi connectivity index (χ3n) is 2.11. The summed E-state index contributed by atoms with van der Waals surface area (Å²) in [4.78, 5) is 21.3. The third kappa shape index (κ3) is 4.04. The number of aliphatic carboxylic acids is 1. The van der Waals surface area contributed by atoms with Crippen LogP contribution < -0.4 is 9.44 Å². The average Bonchev–Trinajstić information content (AvgIpc) is 2.64. The molecular weight excluding hydrogens is 252 g/mol. The van der Waals surface area contributed by atoms with Crippen LogP contribution in [0, 0.1) is 5.92 Å². The fourth-order valence-electron chi connectivity index (χ4n) is 1.35. The quantitative estimate of drug-likeness (QED) is 0.572. The molecule has 17 heavy (non-hydrogen) atoms. The van der Waals surface area contributed by atoms with Gasteiger partial charge >= 0.3 is 22.3 Å². The first kappa shape index (κ1) is 13.5. The van der Waals surface area contributed by atoms with Crippen LogP contribution in [-0.2, 0) is 19.7 Å². The number of hydrogen-bond donors (Lipinski definition) is 3. The third-order valence-corrected chi connectivity index (χ3v) is 3.16. The highest BCUT2D eigenvalue weighted by Crippen LogP contribution is 2.18. The lowest BCUT2D eigenvalue weighted by Crippen LogP contribution is -2.44. The van der Waals surface area contributed by atoms with E-state index in [-0.39, 0.29) is 6.42 Å². The van der Waals surface area contributed by atoms with Gasteiger partial charge in [-0.05, 0) is 6.42 Å². The van der Waals surface area contributed by atoms with E-state index in [0.717, 1.165) is 7.11 Å². The maximum absolute atomic E-state index is 11.3. The summed E-state index contributed by atoms with van der Waals surface area (Å²) in [6.45, 7) is 0. The highest BCUT2D eigenvalue weighted by atomic mass is 32.2. The van der Waals surface area contributed by atoms with Crippen LogP contribution in [0.25, 0.3) is 0 Å². The Balaban J connectivity index is 2.54. The predicted octanol–water partition coefficient (Wildman–Crippen LogP) is -0.794. The Kier molecular flexibility index (Phi) is 4.07. The van der Waals surface area contributed by atoms with Gasteiger partial charge in [0.2, 0.25) is 0 Å². The summed E-state index contributed by atoms with van der Waals surface area (Å²) in [7, 11) is -3.02. The van der Waals surface area contributed by atoms with Crippen LogP contribution in [0.2, 0.25) is 0 Å². The summed E-state index contributed by atoms with van der Waals surface area (Å²) in [5.74, 6) is -1.75. The number of amides is 1. The van der Waals surface area contributed by atoms with Crippen LogP contribution in [0.4, 0.5) is 4.79 Å². The first-order valence-corrected chi connectivity index (χ1v) is 6.11. The van der Waals surface area contributed by atoms with E-state index in [9.17, 15) is 18.0 Å². The molecule has 0 saturated carbocycles. The number of hydrogen-bond acceptors (Lipinski definition) is 5. The van der Waals surface area contributed by atoms with Crippen molar-refractivity contribution in [3.63, 3.8) is 0 Å². The molecule has 96 valence electrons. The Morgan fingerprint density at radius 1 is 1.41 bits per heavy atom. The molecule has 0 aromatic carbocycles. The van der Waals surface area contributed by atoms with Gasteiger partial charge in [0.05, 0.1) is 13.0 Å². The van der Waals surface area contributed by atoms with Gasteiger partial charge in [0, 0.05) is 6.04 Å². The first-order valence-electron chi connectivity index (χ1n) is 4.63. The van der Waals surface area contributed by atoms with E-state index in [0.29, 0.717) is 0 Å². The first-order chi connectivity index (χ1) is 7.84. The van der Waals surface area contributed by atoms with Crippen LogP contribution in [0.1, 0.15) is 6.42 Å². The molecule has 0 aromatic rings. The van der Waals surface area contributed by atoms with Gasteiger partial charge in [-0.25, -0.2) is 9.52 Å². The van der Waals surface area contributed by atoms with Crippen molar-refractivity contribution in [1.29, 1.82) is 0 Å². The smallest absolute Gasteiger partial charge is 0.421 e. The summed E-state index contributed by atoms with van der Waals surface area (Å²) < 4.78 is 30.5. The number of carbonyl (C=O) groups is 2. The molecule has 3 N–H and O–H groups in total. The van der Waals surface area contributed by atoms with Gasteiger partial charge in [-0.2, -0.15) is 13.1 Å². The average molecular weight is 264 g/mol. The van der Waals surface area contributed by atoms with Crippen molar-refractivity contribution in [3.8, 4) is 0 Å². The van der Waals surface area contributed by atoms with Crippen LogP contribution >= 0.6 is 0 Å². The van der Waals surface area contributed by atoms with Crippen molar-refractivity contribution in [1.82, 2.24) is 9.44 Å². The van der Waals surface area contributed by atoms with Gasteiger partial charge in [0.25, 0.3) is 0 Å². The summed E-state index contributed by atoms with van der Waals surface area (Å²) in [6.07, 6.45) is 1.81. The lowest BCUT2D eigenvalue weighted by atomic mass is 10.1. The van der Waals surface area contributed by atoms with Gasteiger partial charge in [-0.3, -0.25) is 4.79 Å². The molecule has 0 fully saturated rings. The molecule has 2 unspecified atom stereocenters. The van der Waals surface area contributed by atoms with Crippen molar-refractivity contribution < 1.29 is 27.9 Å². The Labute approximate surface area is 97.8 Å². The number of carboxylic acids is 1. The van der Waals surface area contributed by atoms with Gasteiger partial charge in [-0.15, -0.1) is 0 Å². The Bertz CT molecular complexity index is 443. The largest absolute Gasteiger partial charge is 0.481 e. The molecule has 1 aliphatic rings. The summed E-state index contributed by atoms with van der Waals surface area (Å²) in [5, 5.41) is 8.69. The Morgan fingerprint density at radius 3 is 2.53 bits per heavy atom. The van der Waals surface area contributed by atoms with E-state index in [4.69, 9.17) is 5.11 Å². The molecule has 1 amide bonds. The van der Waals surface area contributed by atoms with E-state index in [1.807, 2.05) is 0 Å². The van der Waals surface area contributed by atoms with Crippen LogP contribution in [0.5, 0.6) is 0 Å². The molecule has 0 spiro atoms. The van der Waals surface area contributed by atoms with Crippen LogP contribution in [-0.4, -0.2) is 38.7 Å². The summed E-state index contributed by atoms with van der Waals surface area (Å²) in [6, 6.07) is -0.654. The van der Waals surface area contributed by atoms with Crippen LogP contribution in [0.3, 0.4) is 0 Å². The Hall–Kier alpha value is -1.61. The standard InChI is InChI=1S/C8H12N2O6S/c1-16-8(13)10-17(14,15)9-6-3-2-5(4-6)7(11)12/h2-3,5-6,9H,4H2,1H3,(H,10,13)(H,11,12). The van der Waals surface area contributed by atoms with E-state index in [1.165, 1.54) is 12.2 Å². The zero-order chi connectivity index (χ0) is 13.1. The Morgan fingerprint density at radius 2 is 2.06 bits per heavy atom. The number of carboxylic acid groups (broad SMARTS) is 1. The predicted molar refractivity (Wildman–Crippen MR) is 56.3 cm³/mol. The zero-order valence-electron chi connectivity index (χ0n) is 8.91. The van der Waals surface area contributed by atoms with E-state index in [1.54, 1.807) is 4.72 Å². The molecule has 8 nitrogen and oxygen atoms in total. The fourth-order valence-corrected chi connectivity index (χ4v) is 2.28. The second-order valence-electron chi connectivity index (χ2n) is 3.39. The number of rotatable bonds is 4. The minimum atomic E-state index is -4.04. The van der Waals surface area contributed by atoms with Crippen molar-refractivity contribution >= 4 is 22.3 Å². The minimum Gasteiger partial charge on any atom is -0.481 e. The summed E-state index contributed by atoms with van der Waals surface area (Å²) in [5.41, 5.74) is 0. The maximum atomic E-state index is 11.3. The molecule has 0 bridgehead atoms. The van der Waals surface area contributed by atoms with Gasteiger partial charge in [0.1, 0.15) is 0 Å². The van der Waals surface area contributed by atoms with Gasteiger partial charge < -0.3 is 9.84 Å². The van der Waals surface area contributed by atoms with Gasteiger partial charge in [0.15, 0.2) is 0 Å². The second-order valence-corrected chi connectivity index (χ2v) is 4.83. The lowest BCUT2D eigenvalue weighted by Gasteiger charge is -2.12. The molecule has 0 heterocycles. The van der Waals surface area contributed by atoms with E-state index < -0.39 is 34.2 Å². The number of methoxy groups -OCH3 is 1. The number of ether oxygens (including phenoxy) is 1. The van der Waals surface area contributed by atoms with E-state index >= 15 is 0 Å². The van der Waals surface area contributed by atoms with Gasteiger partial charge in [-0.1, -0.05) is 12.2 Å². The lowest BCUT2D eigenvalue weighted by molar-refractivity contribution is -0.140. The highest BCUT2D eigenvalue weighted by molar-refractivity contribution is 7.88. The molecule has 2 atom stereocenters. The zero-order valence-corrected chi connectivity index (χ0v) is 9.73. The maximum Gasteiger partial charge on any atom is 0.421 e. The van der Waals surface area contributed by atoms with Crippen molar-refractivity contribution in [3.05, 3.63) is 12.2 Å². The SMILES string of the molecule is COC(=O)NS(=O)(=O)NC1C=CC(C(=O)O)C1. The molecule has 1 aliphatic carbocycles. The number of nitrogens with one attached hydrogen (secondary N) is 2. The van der Waals surface area contributed by atoms with Crippen molar-refractivity contribution in [2.24, 2.45) is 5.92 Å². The molecular formula is C8H12N2O6S. The number of carbonyl (C=O) groups excluding carboxylic acids is 1. The topological polar surface area (TPSA) is 122 Å². The van der Waals surface area contributed by atoms with Crippen molar-refractivity contribution in [2.75, 3.05) is 7.11 Å². The molecule has 9 heteroatoms. The normalized spacial score (nSPS) is 23.4. The monoisotopic (exact) mass is 264 g/mol. The van der Waals surface area contributed by atoms with E-state index in [2.05, 4.69) is 9.46 Å². The van der Waals surface area contributed by atoms with Crippen molar-refractivity contribution in [2.45, 2.75) is 12.5 Å². The molecule has 1 rings (SSSR count). The molecule has 0 saturated heterocycles. The highest BCUT2D eigenvalue weighted by Gasteiger charge is 2.28. The molecule has 0 aromatic heterocycles. The summed E-state index contributed by atoms with van der Waals surface area (Å²) >= 11 is 0.